The molecule has 0 atom stereocenters. The van der Waals surface area contributed by atoms with Gasteiger partial charge in [-0.3, -0.25) is 0 Å². The van der Waals surface area contributed by atoms with Gasteiger partial charge in [-0.15, -0.1) is 0 Å². The Hall–Kier alpha value is -0.690. The topological polar surface area (TPSA) is 72.2 Å². The van der Waals surface area contributed by atoms with E-state index in [1.165, 1.54) is 18.2 Å². The predicted molar refractivity (Wildman–Crippen MR) is 84.5 cm³/mol. The number of hydrogen-bond acceptors (Lipinski definition) is 3. The van der Waals surface area contributed by atoms with Crippen LogP contribution in [-0.4, -0.2) is 18.9 Å². The average Bonchev–Trinajstić information content (AvgIpc) is 3.10. The highest BCUT2D eigenvalue weighted by Gasteiger charge is 2.40. The third-order valence-electron chi connectivity index (χ3n) is 3.51. The van der Waals surface area contributed by atoms with Gasteiger partial charge in [0.15, 0.2) is 0 Å². The summed E-state index contributed by atoms with van der Waals surface area (Å²) in [7, 11) is -3.61. The van der Waals surface area contributed by atoms with Gasteiger partial charge in [0.2, 0.25) is 10.0 Å². The van der Waals surface area contributed by atoms with Gasteiger partial charge in [-0.25, -0.2) is 13.1 Å². The largest absolute Gasteiger partial charge is 0.389 e. The van der Waals surface area contributed by atoms with E-state index in [4.69, 9.17) is 29.6 Å². The van der Waals surface area contributed by atoms with Crippen LogP contribution >= 0.6 is 23.8 Å². The molecular weight excluding hydrogens is 316 g/mol. The lowest BCUT2D eigenvalue weighted by molar-refractivity contribution is 0.400. The molecule has 0 bridgehead atoms. The van der Waals surface area contributed by atoms with E-state index in [9.17, 15) is 8.42 Å². The predicted octanol–water partition coefficient (Wildman–Crippen LogP) is 2.44. The second-order valence-corrected chi connectivity index (χ2v) is 8.14. The molecule has 110 valence electrons. The van der Waals surface area contributed by atoms with Crippen molar-refractivity contribution in [1.29, 1.82) is 0 Å². The lowest BCUT2D eigenvalue weighted by atomic mass is 10.0. The lowest BCUT2D eigenvalue weighted by Crippen LogP contribution is -2.45. The SMILES string of the molecule is CC(C)(NS(=O)(=O)c1ccc(C(N)=S)c(Cl)c1)C1CC1. The Morgan fingerprint density at radius 1 is 1.45 bits per heavy atom. The summed E-state index contributed by atoms with van der Waals surface area (Å²) in [5.74, 6) is 0.392. The van der Waals surface area contributed by atoms with Gasteiger partial charge in [0.1, 0.15) is 4.99 Å². The van der Waals surface area contributed by atoms with Crippen LogP contribution in [-0.2, 0) is 10.0 Å². The second kappa shape index (κ2) is 5.26. The van der Waals surface area contributed by atoms with Gasteiger partial charge in [-0.05, 0) is 50.8 Å². The highest BCUT2D eigenvalue weighted by molar-refractivity contribution is 7.89. The van der Waals surface area contributed by atoms with E-state index in [1.807, 2.05) is 13.8 Å². The monoisotopic (exact) mass is 332 g/mol. The number of nitrogens with two attached hydrogens (primary N) is 1. The minimum atomic E-state index is -3.61. The van der Waals surface area contributed by atoms with Crippen molar-refractivity contribution in [2.24, 2.45) is 11.7 Å². The number of nitrogens with one attached hydrogen (secondary N) is 1. The van der Waals surface area contributed by atoms with E-state index in [0.29, 0.717) is 11.5 Å². The molecule has 1 fully saturated rings. The van der Waals surface area contributed by atoms with E-state index in [2.05, 4.69) is 4.72 Å². The quantitative estimate of drug-likeness (QED) is 0.812. The van der Waals surface area contributed by atoms with Gasteiger partial charge < -0.3 is 5.73 Å². The molecule has 0 aromatic heterocycles. The van der Waals surface area contributed by atoms with Crippen molar-refractivity contribution in [3.63, 3.8) is 0 Å². The molecule has 0 spiro atoms. The molecule has 0 radical (unpaired) electrons. The average molecular weight is 333 g/mol. The number of halogens is 1. The maximum atomic E-state index is 12.4. The number of sulfonamides is 1. The van der Waals surface area contributed by atoms with Crippen molar-refractivity contribution in [3.8, 4) is 0 Å². The molecule has 0 amide bonds. The Morgan fingerprint density at radius 3 is 2.50 bits per heavy atom. The first kappa shape index (κ1) is 15.7. The van der Waals surface area contributed by atoms with Gasteiger partial charge in [0, 0.05) is 11.1 Å². The van der Waals surface area contributed by atoms with Crippen LogP contribution in [0.4, 0.5) is 0 Å². The van der Waals surface area contributed by atoms with Crippen LogP contribution in [0, 0.1) is 5.92 Å². The highest BCUT2D eigenvalue weighted by Crippen LogP contribution is 2.40. The van der Waals surface area contributed by atoms with Crippen LogP contribution in [0.3, 0.4) is 0 Å². The maximum Gasteiger partial charge on any atom is 0.241 e. The minimum absolute atomic E-state index is 0.122. The molecule has 0 unspecified atom stereocenters. The van der Waals surface area contributed by atoms with Crippen LogP contribution in [0.1, 0.15) is 32.3 Å². The number of hydrogen-bond donors (Lipinski definition) is 2. The van der Waals surface area contributed by atoms with Crippen LogP contribution in [0.15, 0.2) is 23.1 Å². The van der Waals surface area contributed by atoms with E-state index in [0.717, 1.165) is 12.8 Å². The fourth-order valence-electron chi connectivity index (χ4n) is 2.16. The van der Waals surface area contributed by atoms with Gasteiger partial charge in [-0.2, -0.15) is 0 Å². The molecular formula is C13H17ClN2O2S2. The zero-order valence-corrected chi connectivity index (χ0v) is 13.7. The van der Waals surface area contributed by atoms with E-state index in [-0.39, 0.29) is 14.9 Å². The van der Waals surface area contributed by atoms with Gasteiger partial charge >= 0.3 is 0 Å². The fraction of sp³-hybridized carbons (Fsp3) is 0.462. The summed E-state index contributed by atoms with van der Waals surface area (Å²) in [6, 6.07) is 4.37. The zero-order chi connectivity index (χ0) is 15.1. The van der Waals surface area contributed by atoms with Crippen molar-refractivity contribution >= 4 is 38.8 Å². The fourth-order valence-corrected chi connectivity index (χ4v) is 4.23. The number of thiocarbonyl (C=S) groups is 1. The highest BCUT2D eigenvalue weighted by atomic mass is 35.5. The summed E-state index contributed by atoms with van der Waals surface area (Å²) in [4.78, 5) is 0.265. The number of benzene rings is 1. The molecule has 2 rings (SSSR count). The standard InChI is InChI=1S/C13H17ClN2O2S2/c1-13(2,8-3-4-8)16-20(17,18)9-5-6-10(12(15)19)11(14)7-9/h5-8,16H,3-4H2,1-2H3,(H2,15,19). The zero-order valence-electron chi connectivity index (χ0n) is 11.3. The summed E-state index contributed by atoms with van der Waals surface area (Å²) < 4.78 is 27.5. The lowest BCUT2D eigenvalue weighted by Gasteiger charge is -2.25. The Bertz CT molecular complexity index is 652. The van der Waals surface area contributed by atoms with Crippen LogP contribution in [0.5, 0.6) is 0 Å². The van der Waals surface area contributed by atoms with Crippen molar-refractivity contribution in [3.05, 3.63) is 28.8 Å². The summed E-state index contributed by atoms with van der Waals surface area (Å²) >= 11 is 10.9. The molecule has 4 nitrogen and oxygen atoms in total. The molecule has 0 heterocycles. The van der Waals surface area contributed by atoms with Crippen LogP contribution in [0.25, 0.3) is 0 Å². The molecule has 1 aliphatic rings. The Morgan fingerprint density at radius 2 is 2.05 bits per heavy atom. The summed E-state index contributed by atoms with van der Waals surface area (Å²) in [5, 5.41) is 0.240. The molecule has 1 aromatic rings. The molecule has 1 aromatic carbocycles. The molecule has 0 saturated heterocycles. The Balaban J connectivity index is 2.30. The van der Waals surface area contributed by atoms with Gasteiger partial charge in [-0.1, -0.05) is 23.8 Å². The van der Waals surface area contributed by atoms with Gasteiger partial charge in [0.25, 0.3) is 0 Å². The molecule has 20 heavy (non-hydrogen) atoms. The summed E-state index contributed by atoms with van der Waals surface area (Å²) in [6.07, 6.45) is 2.10. The minimum Gasteiger partial charge on any atom is -0.389 e. The molecule has 1 saturated carbocycles. The van der Waals surface area contributed by atoms with E-state index >= 15 is 0 Å². The second-order valence-electron chi connectivity index (χ2n) is 5.61. The number of rotatable bonds is 5. The third-order valence-corrected chi connectivity index (χ3v) is 5.71. The van der Waals surface area contributed by atoms with Crippen molar-refractivity contribution in [2.75, 3.05) is 0 Å². The Kier molecular flexibility index (Phi) is 4.12. The Labute approximate surface area is 129 Å². The molecule has 3 N–H and O–H groups in total. The van der Waals surface area contributed by atoms with Crippen molar-refractivity contribution in [1.82, 2.24) is 4.72 Å². The van der Waals surface area contributed by atoms with Crippen LogP contribution in [0.2, 0.25) is 5.02 Å². The van der Waals surface area contributed by atoms with Crippen molar-refractivity contribution in [2.45, 2.75) is 37.1 Å². The van der Waals surface area contributed by atoms with E-state index < -0.39 is 15.6 Å². The normalized spacial score (nSPS) is 16.1. The first-order valence-electron chi connectivity index (χ1n) is 6.27. The van der Waals surface area contributed by atoms with Crippen molar-refractivity contribution < 1.29 is 8.42 Å². The first-order valence-corrected chi connectivity index (χ1v) is 8.54. The van der Waals surface area contributed by atoms with Gasteiger partial charge in [0.05, 0.1) is 9.92 Å². The summed E-state index contributed by atoms with van der Waals surface area (Å²) in [5.41, 5.74) is 5.53. The molecule has 0 aliphatic heterocycles. The third kappa shape index (κ3) is 3.31. The smallest absolute Gasteiger partial charge is 0.241 e. The first-order chi connectivity index (χ1) is 9.13. The molecule has 1 aliphatic carbocycles. The maximum absolute atomic E-state index is 12.4. The van der Waals surface area contributed by atoms with E-state index in [1.54, 1.807) is 0 Å². The van der Waals surface area contributed by atoms with Crippen LogP contribution < -0.4 is 10.5 Å². The molecule has 7 heteroatoms. The summed E-state index contributed by atoms with van der Waals surface area (Å²) in [6.45, 7) is 3.79.